The maximum absolute atomic E-state index is 11.4. The van der Waals surface area contributed by atoms with E-state index in [1.807, 2.05) is 13.8 Å². The highest BCUT2D eigenvalue weighted by Crippen LogP contribution is 2.29. The Balaban J connectivity index is 3.25. The zero-order valence-corrected chi connectivity index (χ0v) is 12.4. The molecule has 0 fully saturated rings. The van der Waals surface area contributed by atoms with E-state index in [2.05, 4.69) is 0 Å². The minimum Gasteiger partial charge on any atom is -0.356 e. The van der Waals surface area contributed by atoms with E-state index in [4.69, 9.17) is 9.47 Å². The molecule has 0 aromatic heterocycles. The molecule has 6 heteroatoms. The topological polar surface area (TPSA) is 72.8 Å². The summed E-state index contributed by atoms with van der Waals surface area (Å²) in [7, 11) is -2.76. The molecule has 0 saturated carbocycles. The van der Waals surface area contributed by atoms with Crippen LogP contribution in [0.2, 0.25) is 0 Å². The van der Waals surface area contributed by atoms with Gasteiger partial charge >= 0.3 is 0 Å². The highest BCUT2D eigenvalue weighted by Gasteiger charge is 2.23. The van der Waals surface area contributed by atoms with Crippen LogP contribution in [0.25, 0.3) is 0 Å². The molecule has 1 rings (SSSR count). The molecule has 0 aliphatic carbocycles. The first-order valence-corrected chi connectivity index (χ1v) is 7.49. The minimum atomic E-state index is -4.27. The summed E-state index contributed by atoms with van der Waals surface area (Å²) in [5, 5.41) is 0. The van der Waals surface area contributed by atoms with E-state index in [0.717, 1.165) is 5.56 Å². The lowest BCUT2D eigenvalue weighted by molar-refractivity contribution is -0.147. The van der Waals surface area contributed by atoms with E-state index in [-0.39, 0.29) is 4.90 Å². The minimum absolute atomic E-state index is 0.117. The number of methoxy groups -OCH3 is 1. The van der Waals surface area contributed by atoms with Gasteiger partial charge < -0.3 is 9.47 Å². The molecule has 0 bridgehead atoms. The van der Waals surface area contributed by atoms with Gasteiger partial charge in [-0.15, -0.1) is 0 Å². The Labute approximate surface area is 114 Å². The fourth-order valence-corrected chi connectivity index (χ4v) is 2.56. The fourth-order valence-electron chi connectivity index (χ4n) is 1.83. The van der Waals surface area contributed by atoms with E-state index in [1.165, 1.54) is 13.2 Å². The fraction of sp³-hybridized carbons (Fsp3) is 0.538. The first kappa shape index (κ1) is 16.1. The summed E-state index contributed by atoms with van der Waals surface area (Å²) in [6.45, 7) is 5.46. The monoisotopic (exact) mass is 288 g/mol. The van der Waals surface area contributed by atoms with Crippen LogP contribution in [0.1, 0.15) is 37.5 Å². The number of rotatable bonds is 6. The molecule has 2 unspecified atom stereocenters. The van der Waals surface area contributed by atoms with Crippen LogP contribution < -0.4 is 0 Å². The van der Waals surface area contributed by atoms with E-state index < -0.39 is 22.5 Å². The molecule has 0 amide bonds. The summed E-state index contributed by atoms with van der Waals surface area (Å²) >= 11 is 0. The lowest BCUT2D eigenvalue weighted by Crippen LogP contribution is -2.17. The highest BCUT2D eigenvalue weighted by molar-refractivity contribution is 7.85. The van der Waals surface area contributed by atoms with Gasteiger partial charge in [0.05, 0.1) is 11.0 Å². The summed E-state index contributed by atoms with van der Waals surface area (Å²) in [5.41, 5.74) is 1.35. The largest absolute Gasteiger partial charge is 0.356 e. The van der Waals surface area contributed by atoms with Crippen LogP contribution in [-0.4, -0.2) is 26.4 Å². The summed E-state index contributed by atoms with van der Waals surface area (Å²) in [5.74, 6) is 0. The Morgan fingerprint density at radius 3 is 2.47 bits per heavy atom. The van der Waals surface area contributed by atoms with Crippen LogP contribution in [0, 0.1) is 6.92 Å². The second-order valence-corrected chi connectivity index (χ2v) is 5.74. The Bertz CT molecular complexity index is 524. The van der Waals surface area contributed by atoms with Crippen LogP contribution >= 0.6 is 0 Å². The van der Waals surface area contributed by atoms with Crippen LogP contribution in [0.5, 0.6) is 0 Å². The van der Waals surface area contributed by atoms with Gasteiger partial charge in [0.25, 0.3) is 10.1 Å². The third-order valence-electron chi connectivity index (χ3n) is 2.85. The van der Waals surface area contributed by atoms with E-state index in [9.17, 15) is 13.0 Å². The summed E-state index contributed by atoms with van der Waals surface area (Å²) in [6.07, 6.45) is -0.342. The molecule has 1 aromatic rings. The second kappa shape index (κ2) is 6.47. The van der Waals surface area contributed by atoms with Gasteiger partial charge in [-0.2, -0.15) is 8.42 Å². The van der Waals surface area contributed by atoms with Gasteiger partial charge in [-0.05, 0) is 26.3 Å². The lowest BCUT2D eigenvalue weighted by atomic mass is 10.0. The first-order chi connectivity index (χ1) is 8.79. The molecule has 0 aliphatic rings. The van der Waals surface area contributed by atoms with Crippen LogP contribution in [0.3, 0.4) is 0 Å². The molecule has 1 N–H and O–H groups in total. The second-order valence-electron chi connectivity index (χ2n) is 4.35. The van der Waals surface area contributed by atoms with E-state index in [1.54, 1.807) is 19.1 Å². The van der Waals surface area contributed by atoms with Crippen LogP contribution in [0.4, 0.5) is 0 Å². The molecular formula is C13H20O5S. The normalized spacial score (nSPS) is 15.2. The number of benzene rings is 1. The lowest BCUT2D eigenvalue weighted by Gasteiger charge is -2.22. The third-order valence-corrected chi connectivity index (χ3v) is 3.78. The van der Waals surface area contributed by atoms with Crippen molar-refractivity contribution in [2.45, 2.75) is 44.5 Å². The summed E-state index contributed by atoms with van der Waals surface area (Å²) in [6, 6.07) is 4.74. The van der Waals surface area contributed by atoms with Gasteiger partial charge in [0.1, 0.15) is 0 Å². The van der Waals surface area contributed by atoms with Crippen LogP contribution in [0.15, 0.2) is 23.1 Å². The molecule has 0 spiro atoms. The average molecular weight is 288 g/mol. The summed E-state index contributed by atoms with van der Waals surface area (Å²) < 4.78 is 42.8. The molecule has 0 aliphatic heterocycles. The number of hydrogen-bond donors (Lipinski definition) is 1. The maximum Gasteiger partial charge on any atom is 0.294 e. The number of hydrogen-bond acceptors (Lipinski definition) is 4. The van der Waals surface area contributed by atoms with Crippen molar-refractivity contribution in [1.82, 2.24) is 0 Å². The van der Waals surface area contributed by atoms with Gasteiger partial charge in [0.2, 0.25) is 0 Å². The predicted octanol–water partition coefficient (Wildman–Crippen LogP) is 2.70. The van der Waals surface area contributed by atoms with Crippen molar-refractivity contribution in [3.8, 4) is 0 Å². The molecule has 5 nitrogen and oxygen atoms in total. The number of aryl methyl sites for hydroxylation is 1. The maximum atomic E-state index is 11.4. The van der Waals surface area contributed by atoms with Crippen molar-refractivity contribution >= 4 is 10.1 Å². The molecule has 108 valence electrons. The van der Waals surface area contributed by atoms with Crippen molar-refractivity contribution in [2.24, 2.45) is 0 Å². The Morgan fingerprint density at radius 2 is 2.00 bits per heavy atom. The van der Waals surface area contributed by atoms with Gasteiger partial charge in [0, 0.05) is 12.7 Å². The summed E-state index contributed by atoms with van der Waals surface area (Å²) in [4.78, 5) is -0.117. The highest BCUT2D eigenvalue weighted by atomic mass is 32.2. The van der Waals surface area contributed by atoms with Gasteiger partial charge in [-0.1, -0.05) is 24.6 Å². The molecule has 0 radical (unpaired) electrons. The average Bonchev–Trinajstić information content (AvgIpc) is 2.33. The van der Waals surface area contributed by atoms with E-state index in [0.29, 0.717) is 12.0 Å². The quantitative estimate of drug-likeness (QED) is 0.643. The van der Waals surface area contributed by atoms with Gasteiger partial charge in [0.15, 0.2) is 6.29 Å². The molecule has 0 saturated heterocycles. The Hall–Kier alpha value is -0.950. The molecular weight excluding hydrogens is 268 g/mol. The smallest absolute Gasteiger partial charge is 0.294 e. The van der Waals surface area contributed by atoms with Crippen molar-refractivity contribution in [3.05, 3.63) is 29.3 Å². The van der Waals surface area contributed by atoms with E-state index >= 15 is 0 Å². The van der Waals surface area contributed by atoms with Crippen molar-refractivity contribution < 1.29 is 22.4 Å². The first-order valence-electron chi connectivity index (χ1n) is 6.05. The molecule has 1 aromatic carbocycles. The van der Waals surface area contributed by atoms with Crippen LogP contribution in [-0.2, 0) is 19.6 Å². The van der Waals surface area contributed by atoms with Crippen molar-refractivity contribution in [2.75, 3.05) is 7.11 Å². The van der Waals surface area contributed by atoms with Gasteiger partial charge in [-0.3, -0.25) is 4.55 Å². The zero-order chi connectivity index (χ0) is 14.6. The van der Waals surface area contributed by atoms with Crippen molar-refractivity contribution in [1.29, 1.82) is 0 Å². The third kappa shape index (κ3) is 4.28. The van der Waals surface area contributed by atoms with Crippen molar-refractivity contribution in [3.63, 3.8) is 0 Å². The predicted molar refractivity (Wildman–Crippen MR) is 71.6 cm³/mol. The molecule has 0 heterocycles. The number of ether oxygens (including phenoxy) is 2. The standard InChI is InChI=1S/C13H20O5S/c1-5-12(18-10(3)17-4)11-8-9(2)6-7-13(11)19(14,15)16/h6-8,10,12H,5H2,1-4H3,(H,14,15,16). The zero-order valence-electron chi connectivity index (χ0n) is 11.6. The van der Waals surface area contributed by atoms with Gasteiger partial charge in [-0.25, -0.2) is 0 Å². The Kier molecular flexibility index (Phi) is 5.49. The Morgan fingerprint density at radius 1 is 1.37 bits per heavy atom. The SMILES string of the molecule is CCC(OC(C)OC)c1cc(C)ccc1S(=O)(=O)O. The molecule has 2 atom stereocenters. The molecule has 19 heavy (non-hydrogen) atoms.